The van der Waals surface area contributed by atoms with Crippen molar-refractivity contribution in [2.45, 2.75) is 25.8 Å². The number of nitrogens with zero attached hydrogens (tertiary/aromatic N) is 3. The minimum absolute atomic E-state index is 0.150. The summed E-state index contributed by atoms with van der Waals surface area (Å²) < 4.78 is 5.48. The molecule has 2 aromatic carbocycles. The van der Waals surface area contributed by atoms with Gasteiger partial charge in [0.2, 0.25) is 0 Å². The van der Waals surface area contributed by atoms with E-state index >= 15 is 0 Å². The maximum atomic E-state index is 14.2. The predicted octanol–water partition coefficient (Wildman–Crippen LogP) is 2.98. The molecule has 1 N–H and O–H groups in total. The van der Waals surface area contributed by atoms with E-state index < -0.39 is 23.1 Å². The third kappa shape index (κ3) is 3.78. The average Bonchev–Trinajstić information content (AvgIpc) is 3.22. The van der Waals surface area contributed by atoms with Crippen molar-refractivity contribution >= 4 is 29.0 Å². The number of Topliss-reactive ketones (excluding diaryl/α,β-unsaturated/α-hetero) is 1. The fourth-order valence-corrected chi connectivity index (χ4v) is 4.93. The molecule has 2 heterocycles. The number of aliphatic hydroxyl groups is 1. The second kappa shape index (κ2) is 9.54. The van der Waals surface area contributed by atoms with Crippen molar-refractivity contribution in [1.29, 1.82) is 0 Å². The van der Waals surface area contributed by atoms with Gasteiger partial charge in [-0.2, -0.15) is 0 Å². The Hall–Kier alpha value is -3.65. The van der Waals surface area contributed by atoms with Crippen molar-refractivity contribution in [3.8, 4) is 5.75 Å². The minimum atomic E-state index is -1.72. The molecule has 1 atom stereocenters. The molecule has 2 aromatic rings. The van der Waals surface area contributed by atoms with Crippen LogP contribution in [0.4, 0.5) is 5.69 Å². The maximum absolute atomic E-state index is 14.2. The Kier molecular flexibility index (Phi) is 6.67. The van der Waals surface area contributed by atoms with Crippen molar-refractivity contribution in [2.75, 3.05) is 45.2 Å². The number of likely N-dealkylation sites (N-methyl/N-ethyl adjacent to an activating group) is 1. The number of ether oxygens (including phenoxy) is 1. The third-order valence-corrected chi connectivity index (χ3v) is 6.47. The smallest absolute Gasteiger partial charge is 0.296 e. The van der Waals surface area contributed by atoms with Crippen molar-refractivity contribution in [3.05, 3.63) is 65.2 Å². The summed E-state index contributed by atoms with van der Waals surface area (Å²) in [5, 5.41) is 11.5. The number of anilines is 1. The van der Waals surface area contributed by atoms with Gasteiger partial charge in [0.05, 0.1) is 17.9 Å². The highest BCUT2D eigenvalue weighted by Gasteiger charge is 2.66. The molecule has 0 aromatic heterocycles. The van der Waals surface area contributed by atoms with Crippen molar-refractivity contribution in [2.24, 2.45) is 0 Å². The van der Waals surface area contributed by atoms with E-state index in [9.17, 15) is 19.5 Å². The van der Waals surface area contributed by atoms with Gasteiger partial charge in [0.1, 0.15) is 11.5 Å². The molecule has 0 bridgehead atoms. The Morgan fingerprint density at radius 2 is 1.69 bits per heavy atom. The molecule has 0 unspecified atom stereocenters. The standard InChI is InChI=1S/C27H31N3O5/c1-5-15-29-21-10-8-7-9-20(21)27(26(29)34)22(24(32)25(33)30(27)17-16-28(3)4)23(31)18-11-13-19(14-12-18)35-6-2/h7-14,31H,5-6,15-17H2,1-4H3/t27-/m1/s1. The van der Waals surface area contributed by atoms with Crippen LogP contribution in [0.3, 0.4) is 0 Å². The van der Waals surface area contributed by atoms with Crippen LogP contribution in [0.5, 0.6) is 5.75 Å². The summed E-state index contributed by atoms with van der Waals surface area (Å²) in [6.07, 6.45) is 0.694. The monoisotopic (exact) mass is 477 g/mol. The SMILES string of the molecule is CCCN1C(=O)[C@]2(C(=C(O)c3ccc(OCC)cc3)C(=O)C(=O)N2CCN(C)C)c2ccccc21. The molecule has 2 aliphatic heterocycles. The van der Waals surface area contributed by atoms with Crippen LogP contribution in [0.2, 0.25) is 0 Å². The van der Waals surface area contributed by atoms with Crippen LogP contribution in [0.1, 0.15) is 31.4 Å². The van der Waals surface area contributed by atoms with Gasteiger partial charge in [-0.1, -0.05) is 25.1 Å². The summed E-state index contributed by atoms with van der Waals surface area (Å²) in [6.45, 7) is 5.34. The molecule has 2 aliphatic rings. The van der Waals surface area contributed by atoms with E-state index in [1.165, 1.54) is 4.90 Å². The fourth-order valence-electron chi connectivity index (χ4n) is 4.93. The van der Waals surface area contributed by atoms with Gasteiger partial charge in [0, 0.05) is 30.8 Å². The van der Waals surface area contributed by atoms with Crippen LogP contribution in [0.25, 0.3) is 5.76 Å². The Balaban J connectivity index is 1.98. The Morgan fingerprint density at radius 3 is 2.31 bits per heavy atom. The van der Waals surface area contributed by atoms with Crippen LogP contribution in [-0.4, -0.2) is 72.8 Å². The molecular weight excluding hydrogens is 446 g/mol. The lowest BCUT2D eigenvalue weighted by atomic mass is 9.82. The molecule has 2 amide bonds. The van der Waals surface area contributed by atoms with Crippen molar-refractivity contribution in [3.63, 3.8) is 0 Å². The molecular formula is C27H31N3O5. The van der Waals surface area contributed by atoms with Crippen LogP contribution in [0, 0.1) is 0 Å². The van der Waals surface area contributed by atoms with E-state index in [1.807, 2.05) is 45.0 Å². The summed E-state index contributed by atoms with van der Waals surface area (Å²) in [5.41, 5.74) is -0.407. The molecule has 4 rings (SSSR count). The van der Waals surface area contributed by atoms with E-state index in [0.717, 1.165) is 0 Å². The van der Waals surface area contributed by atoms with Gasteiger partial charge in [-0.3, -0.25) is 14.4 Å². The van der Waals surface area contributed by atoms with Crippen LogP contribution < -0.4 is 9.64 Å². The first-order valence-corrected chi connectivity index (χ1v) is 11.9. The van der Waals surface area contributed by atoms with Crippen molar-refractivity contribution in [1.82, 2.24) is 9.80 Å². The van der Waals surface area contributed by atoms with Crippen molar-refractivity contribution < 1.29 is 24.2 Å². The molecule has 35 heavy (non-hydrogen) atoms. The summed E-state index contributed by atoms with van der Waals surface area (Å²) >= 11 is 0. The molecule has 184 valence electrons. The second-order valence-electron chi connectivity index (χ2n) is 8.95. The number of para-hydroxylation sites is 1. The summed E-state index contributed by atoms with van der Waals surface area (Å²) in [4.78, 5) is 46.0. The second-order valence-corrected chi connectivity index (χ2v) is 8.95. The number of fused-ring (bicyclic) bond motifs is 2. The van der Waals surface area contributed by atoms with E-state index in [-0.39, 0.29) is 17.9 Å². The van der Waals surface area contributed by atoms with E-state index in [0.29, 0.717) is 48.7 Å². The molecule has 0 radical (unpaired) electrons. The predicted molar refractivity (Wildman–Crippen MR) is 133 cm³/mol. The van der Waals surface area contributed by atoms with Gasteiger partial charge in [0.25, 0.3) is 17.6 Å². The molecule has 8 nitrogen and oxygen atoms in total. The van der Waals surface area contributed by atoms with E-state index in [1.54, 1.807) is 41.3 Å². The summed E-state index contributed by atoms with van der Waals surface area (Å²) in [5.74, 6) is -1.81. The first-order valence-electron chi connectivity index (χ1n) is 11.9. The number of hydrogen-bond acceptors (Lipinski definition) is 6. The third-order valence-electron chi connectivity index (χ3n) is 6.47. The number of aliphatic hydroxyl groups excluding tert-OH is 1. The maximum Gasteiger partial charge on any atom is 0.296 e. The number of likely N-dealkylation sites (tertiary alicyclic amines) is 1. The lowest BCUT2D eigenvalue weighted by Gasteiger charge is -2.35. The van der Waals surface area contributed by atoms with E-state index in [2.05, 4.69) is 0 Å². The number of rotatable bonds is 8. The van der Waals surface area contributed by atoms with Crippen LogP contribution in [-0.2, 0) is 19.9 Å². The molecule has 1 saturated heterocycles. The molecule has 1 fully saturated rings. The number of carbonyl (C=O) groups excluding carboxylic acids is 3. The van der Waals surface area contributed by atoms with E-state index in [4.69, 9.17) is 4.74 Å². The highest BCUT2D eigenvalue weighted by atomic mass is 16.5. The average molecular weight is 478 g/mol. The Labute approximate surface area is 205 Å². The Morgan fingerprint density at radius 1 is 1.00 bits per heavy atom. The zero-order chi connectivity index (χ0) is 25.3. The largest absolute Gasteiger partial charge is 0.507 e. The summed E-state index contributed by atoms with van der Waals surface area (Å²) in [6, 6.07) is 13.8. The van der Waals surface area contributed by atoms with Crippen LogP contribution in [0.15, 0.2) is 54.1 Å². The topological polar surface area (TPSA) is 90.4 Å². The molecule has 8 heteroatoms. The quantitative estimate of drug-likeness (QED) is 0.357. The number of benzene rings is 2. The fraction of sp³-hybridized carbons (Fsp3) is 0.370. The first kappa shape index (κ1) is 24.5. The lowest BCUT2D eigenvalue weighted by Crippen LogP contribution is -2.53. The zero-order valence-electron chi connectivity index (χ0n) is 20.6. The summed E-state index contributed by atoms with van der Waals surface area (Å²) in [7, 11) is 3.72. The Bertz CT molecular complexity index is 1190. The molecule has 0 aliphatic carbocycles. The minimum Gasteiger partial charge on any atom is -0.507 e. The number of amides is 2. The lowest BCUT2D eigenvalue weighted by molar-refractivity contribution is -0.143. The number of hydrogen-bond donors (Lipinski definition) is 1. The van der Waals surface area contributed by atoms with Gasteiger partial charge in [0.15, 0.2) is 5.54 Å². The van der Waals surface area contributed by atoms with Gasteiger partial charge in [-0.15, -0.1) is 0 Å². The molecule has 0 saturated carbocycles. The highest BCUT2D eigenvalue weighted by Crippen LogP contribution is 2.53. The number of carbonyl (C=O) groups is 3. The first-order chi connectivity index (χ1) is 16.8. The highest BCUT2D eigenvalue weighted by molar-refractivity contribution is 6.50. The van der Waals surface area contributed by atoms with Gasteiger partial charge in [-0.05, 0) is 57.8 Å². The normalized spacial score (nSPS) is 20.9. The van der Waals surface area contributed by atoms with Gasteiger partial charge < -0.3 is 24.5 Å². The van der Waals surface area contributed by atoms with Gasteiger partial charge >= 0.3 is 0 Å². The zero-order valence-corrected chi connectivity index (χ0v) is 20.6. The number of ketones is 1. The van der Waals surface area contributed by atoms with Crippen LogP contribution >= 0.6 is 0 Å². The van der Waals surface area contributed by atoms with Gasteiger partial charge in [-0.25, -0.2) is 0 Å². The molecule has 1 spiro atoms.